The van der Waals surface area contributed by atoms with Gasteiger partial charge in [0, 0.05) is 5.41 Å². The van der Waals surface area contributed by atoms with Crippen LogP contribution in [0.5, 0.6) is 0 Å². The third-order valence-electron chi connectivity index (χ3n) is 4.66. The lowest BCUT2D eigenvalue weighted by Crippen LogP contribution is -2.40. The Labute approximate surface area is 99.3 Å². The van der Waals surface area contributed by atoms with Gasteiger partial charge in [-0.2, -0.15) is 0 Å². The van der Waals surface area contributed by atoms with Crippen LogP contribution in [0.15, 0.2) is 23.3 Å². The van der Waals surface area contributed by atoms with Crippen molar-refractivity contribution in [3.05, 3.63) is 23.3 Å². The van der Waals surface area contributed by atoms with Crippen LogP contribution in [0.1, 0.15) is 47.0 Å². The molecule has 0 saturated carbocycles. The van der Waals surface area contributed by atoms with Crippen molar-refractivity contribution in [1.82, 2.24) is 0 Å². The lowest BCUT2D eigenvalue weighted by molar-refractivity contribution is 0.0447. The molecule has 1 nitrogen and oxygen atoms in total. The fraction of sp³-hybridized carbons (Fsp3) is 0.733. The first-order chi connectivity index (χ1) is 7.45. The van der Waals surface area contributed by atoms with Gasteiger partial charge in [0.2, 0.25) is 0 Å². The standard InChI is InChI=1S/C15H24O/c1-10(2)12-7-8-15(4)13(9-12)11(3)5-6-14(15)16/h5,9-10,12,14,16H,6-8H2,1-4H3/t12-,14+,15-/m1/s1. The monoisotopic (exact) mass is 220 g/mol. The van der Waals surface area contributed by atoms with Crippen molar-refractivity contribution in [3.63, 3.8) is 0 Å². The fourth-order valence-electron chi connectivity index (χ4n) is 3.20. The first-order valence-corrected chi connectivity index (χ1v) is 6.52. The van der Waals surface area contributed by atoms with Crippen molar-refractivity contribution < 1.29 is 5.11 Å². The first kappa shape index (κ1) is 11.9. The van der Waals surface area contributed by atoms with Gasteiger partial charge in [-0.05, 0) is 43.6 Å². The van der Waals surface area contributed by atoms with Crippen molar-refractivity contribution in [2.24, 2.45) is 17.3 Å². The van der Waals surface area contributed by atoms with Crippen LogP contribution in [0.3, 0.4) is 0 Å². The van der Waals surface area contributed by atoms with Gasteiger partial charge in [0.05, 0.1) is 6.10 Å². The second-order valence-corrected chi connectivity index (χ2v) is 6.08. The minimum atomic E-state index is -0.185. The Bertz CT molecular complexity index is 337. The van der Waals surface area contributed by atoms with Crippen molar-refractivity contribution in [3.8, 4) is 0 Å². The lowest BCUT2D eigenvalue weighted by Gasteiger charge is -2.45. The summed E-state index contributed by atoms with van der Waals surface area (Å²) < 4.78 is 0. The molecule has 90 valence electrons. The summed E-state index contributed by atoms with van der Waals surface area (Å²) in [7, 11) is 0. The highest BCUT2D eigenvalue weighted by atomic mass is 16.3. The van der Waals surface area contributed by atoms with E-state index in [1.165, 1.54) is 17.6 Å². The second-order valence-electron chi connectivity index (χ2n) is 6.08. The van der Waals surface area contributed by atoms with Crippen LogP contribution in [0.25, 0.3) is 0 Å². The fourth-order valence-corrected chi connectivity index (χ4v) is 3.20. The van der Waals surface area contributed by atoms with Gasteiger partial charge in [0.25, 0.3) is 0 Å². The predicted molar refractivity (Wildman–Crippen MR) is 68.1 cm³/mol. The third-order valence-corrected chi connectivity index (χ3v) is 4.66. The Morgan fingerprint density at radius 1 is 1.44 bits per heavy atom. The number of rotatable bonds is 1. The van der Waals surface area contributed by atoms with E-state index in [0.717, 1.165) is 12.8 Å². The zero-order valence-electron chi connectivity index (χ0n) is 11.0. The van der Waals surface area contributed by atoms with Gasteiger partial charge >= 0.3 is 0 Å². The van der Waals surface area contributed by atoms with E-state index >= 15 is 0 Å². The average Bonchev–Trinajstić information content (AvgIpc) is 2.24. The molecule has 2 aliphatic carbocycles. The molecule has 0 bridgehead atoms. The minimum absolute atomic E-state index is 0.0181. The van der Waals surface area contributed by atoms with Crippen LogP contribution in [0.2, 0.25) is 0 Å². The Balaban J connectivity index is 2.39. The molecule has 0 spiro atoms. The number of fused-ring (bicyclic) bond motifs is 1. The third kappa shape index (κ3) is 1.75. The van der Waals surface area contributed by atoms with Crippen LogP contribution < -0.4 is 0 Å². The van der Waals surface area contributed by atoms with Crippen LogP contribution >= 0.6 is 0 Å². The average molecular weight is 220 g/mol. The van der Waals surface area contributed by atoms with E-state index in [2.05, 4.69) is 39.8 Å². The largest absolute Gasteiger partial charge is 0.392 e. The van der Waals surface area contributed by atoms with Crippen molar-refractivity contribution in [2.75, 3.05) is 0 Å². The maximum absolute atomic E-state index is 10.2. The highest BCUT2D eigenvalue weighted by Gasteiger charge is 2.42. The molecule has 0 radical (unpaired) electrons. The molecule has 0 heterocycles. The SMILES string of the molecule is CC1=CC[C@H](O)[C@]2(C)CC[C@@H](C(C)C)C=C12. The van der Waals surface area contributed by atoms with Crippen LogP contribution in [-0.2, 0) is 0 Å². The number of hydrogen-bond donors (Lipinski definition) is 1. The molecule has 0 aromatic rings. The van der Waals surface area contributed by atoms with Gasteiger partial charge in [0.15, 0.2) is 0 Å². The van der Waals surface area contributed by atoms with E-state index in [9.17, 15) is 5.11 Å². The molecular formula is C15H24O. The molecule has 1 heteroatoms. The van der Waals surface area contributed by atoms with Gasteiger partial charge in [0.1, 0.15) is 0 Å². The molecule has 1 N–H and O–H groups in total. The number of allylic oxidation sites excluding steroid dienone is 2. The number of aliphatic hydroxyl groups is 1. The molecule has 0 fully saturated rings. The highest BCUT2D eigenvalue weighted by Crippen LogP contribution is 2.49. The summed E-state index contributed by atoms with van der Waals surface area (Å²) in [5.41, 5.74) is 2.82. The minimum Gasteiger partial charge on any atom is -0.392 e. The predicted octanol–water partition coefficient (Wildman–Crippen LogP) is 3.70. The Morgan fingerprint density at radius 2 is 2.12 bits per heavy atom. The molecule has 0 aromatic carbocycles. The van der Waals surface area contributed by atoms with E-state index < -0.39 is 0 Å². The lowest BCUT2D eigenvalue weighted by atomic mass is 9.62. The molecule has 3 atom stereocenters. The Morgan fingerprint density at radius 3 is 2.75 bits per heavy atom. The zero-order chi connectivity index (χ0) is 11.9. The summed E-state index contributed by atoms with van der Waals surface area (Å²) in [5.74, 6) is 1.40. The van der Waals surface area contributed by atoms with E-state index in [0.29, 0.717) is 11.8 Å². The zero-order valence-corrected chi connectivity index (χ0v) is 11.0. The van der Waals surface area contributed by atoms with E-state index in [-0.39, 0.29) is 11.5 Å². The molecule has 16 heavy (non-hydrogen) atoms. The topological polar surface area (TPSA) is 20.2 Å². The maximum atomic E-state index is 10.2. The summed E-state index contributed by atoms with van der Waals surface area (Å²) in [6.45, 7) is 9.01. The van der Waals surface area contributed by atoms with Crippen molar-refractivity contribution >= 4 is 0 Å². The number of hydrogen-bond acceptors (Lipinski definition) is 1. The van der Waals surface area contributed by atoms with Crippen LogP contribution in [0.4, 0.5) is 0 Å². The van der Waals surface area contributed by atoms with Gasteiger partial charge in [-0.1, -0.05) is 38.5 Å². The molecular weight excluding hydrogens is 196 g/mol. The summed E-state index contributed by atoms with van der Waals surface area (Å²) in [6, 6.07) is 0. The Kier molecular flexibility index (Phi) is 3.00. The Hall–Kier alpha value is -0.560. The maximum Gasteiger partial charge on any atom is 0.0668 e. The molecule has 2 aliphatic rings. The van der Waals surface area contributed by atoms with E-state index in [1.807, 2.05) is 0 Å². The molecule has 0 saturated heterocycles. The van der Waals surface area contributed by atoms with Crippen molar-refractivity contribution in [2.45, 2.75) is 53.1 Å². The molecule has 0 amide bonds. The van der Waals surface area contributed by atoms with Gasteiger partial charge in [-0.25, -0.2) is 0 Å². The second kappa shape index (κ2) is 4.03. The first-order valence-electron chi connectivity index (χ1n) is 6.52. The normalized spacial score (nSPS) is 39.1. The molecule has 0 aliphatic heterocycles. The molecule has 2 rings (SSSR count). The summed E-state index contributed by atoms with van der Waals surface area (Å²) >= 11 is 0. The van der Waals surface area contributed by atoms with Gasteiger partial charge in [-0.15, -0.1) is 0 Å². The van der Waals surface area contributed by atoms with Gasteiger partial charge in [-0.3, -0.25) is 0 Å². The van der Waals surface area contributed by atoms with E-state index in [1.54, 1.807) is 0 Å². The van der Waals surface area contributed by atoms with Gasteiger partial charge < -0.3 is 5.11 Å². The number of aliphatic hydroxyl groups excluding tert-OH is 1. The molecule has 0 aromatic heterocycles. The quantitative estimate of drug-likeness (QED) is 0.714. The van der Waals surface area contributed by atoms with Crippen LogP contribution in [-0.4, -0.2) is 11.2 Å². The summed E-state index contributed by atoms with van der Waals surface area (Å²) in [4.78, 5) is 0. The highest BCUT2D eigenvalue weighted by molar-refractivity contribution is 5.41. The smallest absolute Gasteiger partial charge is 0.0668 e. The summed E-state index contributed by atoms with van der Waals surface area (Å²) in [5, 5.41) is 10.2. The summed E-state index contributed by atoms with van der Waals surface area (Å²) in [6.07, 6.45) is 7.63. The van der Waals surface area contributed by atoms with Crippen LogP contribution in [0, 0.1) is 17.3 Å². The molecule has 0 unspecified atom stereocenters. The van der Waals surface area contributed by atoms with Crippen molar-refractivity contribution in [1.29, 1.82) is 0 Å². The van der Waals surface area contributed by atoms with E-state index in [4.69, 9.17) is 0 Å².